The smallest absolute Gasteiger partial charge is 0.161 e. The number of ether oxygens (including phenoxy) is 1. The summed E-state index contributed by atoms with van der Waals surface area (Å²) in [5.41, 5.74) is 1.84. The fourth-order valence-electron chi connectivity index (χ4n) is 2.41. The molecule has 0 unspecified atom stereocenters. The number of aryl methyl sites for hydroxylation is 1. The van der Waals surface area contributed by atoms with Crippen LogP contribution < -0.4 is 5.32 Å². The van der Waals surface area contributed by atoms with Gasteiger partial charge in [0.05, 0.1) is 16.2 Å². The van der Waals surface area contributed by atoms with Gasteiger partial charge in [0, 0.05) is 24.0 Å². The topological polar surface area (TPSA) is 33.6 Å². The lowest BCUT2D eigenvalue weighted by Gasteiger charge is -2.29. The lowest BCUT2D eigenvalue weighted by Crippen LogP contribution is -2.34. The molecular formula is C14H16Cl2N2OS. The maximum atomic E-state index is 6.25. The van der Waals surface area contributed by atoms with Crippen LogP contribution in [-0.4, -0.2) is 29.7 Å². The van der Waals surface area contributed by atoms with Crippen molar-refractivity contribution in [2.24, 2.45) is 4.99 Å². The molecule has 0 aromatic heterocycles. The zero-order chi connectivity index (χ0) is 14.2. The Morgan fingerprint density at radius 2 is 2.00 bits per heavy atom. The van der Waals surface area contributed by atoms with Crippen molar-refractivity contribution in [2.75, 3.05) is 24.3 Å². The average Bonchev–Trinajstić information content (AvgIpc) is 2.79. The number of nitrogens with one attached hydrogen (secondary N) is 1. The number of hydrogen-bond donors (Lipinski definition) is 1. The summed E-state index contributed by atoms with van der Waals surface area (Å²) in [7, 11) is 0. The molecule has 2 aliphatic rings. The summed E-state index contributed by atoms with van der Waals surface area (Å²) in [6.07, 6.45) is 1.99. The second-order valence-electron chi connectivity index (χ2n) is 5.25. The predicted octanol–water partition coefficient (Wildman–Crippen LogP) is 4.37. The van der Waals surface area contributed by atoms with E-state index in [-0.39, 0.29) is 5.54 Å². The Hall–Kier alpha value is -0.420. The largest absolute Gasteiger partial charge is 0.381 e. The maximum Gasteiger partial charge on any atom is 0.161 e. The average molecular weight is 331 g/mol. The molecule has 1 fully saturated rings. The molecular weight excluding hydrogens is 315 g/mol. The molecule has 0 atom stereocenters. The molecule has 0 aliphatic carbocycles. The van der Waals surface area contributed by atoms with Crippen molar-refractivity contribution in [3.05, 3.63) is 27.7 Å². The molecule has 108 valence electrons. The molecule has 2 aliphatic heterocycles. The Morgan fingerprint density at radius 3 is 2.75 bits per heavy atom. The quantitative estimate of drug-likeness (QED) is 0.830. The highest BCUT2D eigenvalue weighted by molar-refractivity contribution is 8.14. The first-order valence-electron chi connectivity index (χ1n) is 6.61. The normalized spacial score (nSPS) is 21.1. The summed E-state index contributed by atoms with van der Waals surface area (Å²) in [6, 6.07) is 3.73. The SMILES string of the molecule is Cc1cc(Cl)c(NC2=NC3(CCOCC3)CS2)cc1Cl. The summed E-state index contributed by atoms with van der Waals surface area (Å²) in [5.74, 6) is 1.01. The van der Waals surface area contributed by atoms with E-state index in [0.717, 1.165) is 48.2 Å². The number of benzene rings is 1. The number of anilines is 1. The summed E-state index contributed by atoms with van der Waals surface area (Å²) < 4.78 is 5.42. The second kappa shape index (κ2) is 5.76. The molecule has 20 heavy (non-hydrogen) atoms. The van der Waals surface area contributed by atoms with Crippen LogP contribution in [0.3, 0.4) is 0 Å². The highest BCUT2D eigenvalue weighted by atomic mass is 35.5. The lowest BCUT2D eigenvalue weighted by molar-refractivity contribution is 0.0624. The van der Waals surface area contributed by atoms with Crippen molar-refractivity contribution in [3.8, 4) is 0 Å². The molecule has 3 rings (SSSR count). The molecule has 1 aromatic rings. The van der Waals surface area contributed by atoms with Gasteiger partial charge < -0.3 is 10.1 Å². The number of halogens is 2. The van der Waals surface area contributed by atoms with Crippen molar-refractivity contribution >= 4 is 45.8 Å². The molecule has 2 heterocycles. The van der Waals surface area contributed by atoms with Crippen LogP contribution in [0.15, 0.2) is 17.1 Å². The van der Waals surface area contributed by atoms with E-state index in [4.69, 9.17) is 32.9 Å². The van der Waals surface area contributed by atoms with Gasteiger partial charge in [-0.25, -0.2) is 0 Å². The minimum Gasteiger partial charge on any atom is -0.381 e. The van der Waals surface area contributed by atoms with E-state index >= 15 is 0 Å². The van der Waals surface area contributed by atoms with E-state index < -0.39 is 0 Å². The van der Waals surface area contributed by atoms with E-state index in [1.807, 2.05) is 19.1 Å². The lowest BCUT2D eigenvalue weighted by atomic mass is 9.93. The van der Waals surface area contributed by atoms with Gasteiger partial charge in [0.25, 0.3) is 0 Å². The number of aliphatic imine (C=N–C) groups is 1. The van der Waals surface area contributed by atoms with Crippen LogP contribution in [-0.2, 0) is 4.74 Å². The number of thioether (sulfide) groups is 1. The minimum absolute atomic E-state index is 0.0478. The van der Waals surface area contributed by atoms with Gasteiger partial charge in [0.15, 0.2) is 5.17 Å². The third-order valence-corrected chi connectivity index (χ3v) is 5.60. The molecule has 3 nitrogen and oxygen atoms in total. The third kappa shape index (κ3) is 2.93. The number of amidine groups is 1. The molecule has 0 radical (unpaired) electrons. The van der Waals surface area contributed by atoms with Crippen LogP contribution in [0, 0.1) is 6.92 Å². The van der Waals surface area contributed by atoms with Gasteiger partial charge in [0.2, 0.25) is 0 Å². The zero-order valence-electron chi connectivity index (χ0n) is 11.2. The monoisotopic (exact) mass is 330 g/mol. The Labute approximate surface area is 133 Å². The summed E-state index contributed by atoms with van der Waals surface area (Å²) in [6.45, 7) is 3.54. The van der Waals surface area contributed by atoms with E-state index in [2.05, 4.69) is 5.32 Å². The molecule has 0 amide bonds. The first kappa shape index (κ1) is 14.5. The Balaban J connectivity index is 1.78. The summed E-state index contributed by atoms with van der Waals surface area (Å²) >= 11 is 14.1. The predicted molar refractivity (Wildman–Crippen MR) is 87.5 cm³/mol. The minimum atomic E-state index is 0.0478. The second-order valence-corrected chi connectivity index (χ2v) is 7.03. The fraction of sp³-hybridized carbons (Fsp3) is 0.500. The number of hydrogen-bond acceptors (Lipinski definition) is 4. The highest BCUT2D eigenvalue weighted by Gasteiger charge is 2.37. The molecule has 1 saturated heterocycles. The van der Waals surface area contributed by atoms with Gasteiger partial charge >= 0.3 is 0 Å². The van der Waals surface area contributed by atoms with Crippen LogP contribution in [0.25, 0.3) is 0 Å². The van der Waals surface area contributed by atoms with Crippen molar-refractivity contribution < 1.29 is 4.74 Å². The molecule has 6 heteroatoms. The van der Waals surface area contributed by atoms with Crippen molar-refractivity contribution in [3.63, 3.8) is 0 Å². The Kier molecular flexibility index (Phi) is 4.18. The van der Waals surface area contributed by atoms with E-state index in [9.17, 15) is 0 Å². The Morgan fingerprint density at radius 1 is 1.25 bits per heavy atom. The van der Waals surface area contributed by atoms with Gasteiger partial charge in [-0.1, -0.05) is 35.0 Å². The van der Waals surface area contributed by atoms with Crippen LogP contribution in [0.2, 0.25) is 10.0 Å². The van der Waals surface area contributed by atoms with E-state index in [1.165, 1.54) is 0 Å². The third-order valence-electron chi connectivity index (χ3n) is 3.73. The first-order chi connectivity index (χ1) is 9.58. The molecule has 1 spiro atoms. The van der Waals surface area contributed by atoms with Gasteiger partial charge in [-0.15, -0.1) is 0 Å². The van der Waals surface area contributed by atoms with Crippen molar-refractivity contribution in [1.29, 1.82) is 0 Å². The number of rotatable bonds is 1. The first-order valence-corrected chi connectivity index (χ1v) is 8.35. The van der Waals surface area contributed by atoms with Gasteiger partial charge in [0.1, 0.15) is 0 Å². The summed E-state index contributed by atoms with van der Waals surface area (Å²) in [4.78, 5) is 4.85. The van der Waals surface area contributed by atoms with Gasteiger partial charge in [-0.05, 0) is 37.5 Å². The summed E-state index contributed by atoms with van der Waals surface area (Å²) in [5, 5.41) is 5.61. The van der Waals surface area contributed by atoms with Crippen molar-refractivity contribution in [2.45, 2.75) is 25.3 Å². The standard InChI is InChI=1S/C14H16Cl2N2OS/c1-9-6-11(16)12(7-10(9)15)17-13-18-14(8-20-13)2-4-19-5-3-14/h6-7H,2-5,8H2,1H3,(H,17,18). The zero-order valence-corrected chi connectivity index (χ0v) is 13.5. The molecule has 0 bridgehead atoms. The maximum absolute atomic E-state index is 6.25. The van der Waals surface area contributed by atoms with Crippen molar-refractivity contribution in [1.82, 2.24) is 0 Å². The van der Waals surface area contributed by atoms with Crippen LogP contribution in [0.1, 0.15) is 18.4 Å². The van der Waals surface area contributed by atoms with Crippen LogP contribution >= 0.6 is 35.0 Å². The fourth-order valence-corrected chi connectivity index (χ4v) is 4.04. The van der Waals surface area contributed by atoms with E-state index in [0.29, 0.717) is 10.0 Å². The van der Waals surface area contributed by atoms with E-state index in [1.54, 1.807) is 11.8 Å². The number of nitrogens with zero attached hydrogens (tertiary/aromatic N) is 1. The highest BCUT2D eigenvalue weighted by Crippen LogP contribution is 2.37. The molecule has 1 aromatic carbocycles. The van der Waals surface area contributed by atoms with Crippen LogP contribution in [0.5, 0.6) is 0 Å². The Bertz CT molecular complexity index is 556. The molecule has 1 N–H and O–H groups in total. The molecule has 0 saturated carbocycles. The van der Waals surface area contributed by atoms with Gasteiger partial charge in [-0.2, -0.15) is 0 Å². The van der Waals surface area contributed by atoms with Gasteiger partial charge in [-0.3, -0.25) is 4.99 Å². The van der Waals surface area contributed by atoms with Crippen LogP contribution in [0.4, 0.5) is 5.69 Å².